The highest BCUT2D eigenvalue weighted by Gasteiger charge is 2.07. The molecule has 0 atom stereocenters. The minimum absolute atomic E-state index is 0.323. The number of halogens is 3. The van der Waals surface area contributed by atoms with E-state index in [1.165, 1.54) is 12.1 Å². The Labute approximate surface area is 110 Å². The first kappa shape index (κ1) is 12.3. The van der Waals surface area contributed by atoms with Gasteiger partial charge in [0.25, 0.3) is 0 Å². The number of hydrogen-bond acceptors (Lipinski definition) is 2. The van der Waals surface area contributed by atoms with Crippen LogP contribution in [0.4, 0.5) is 8.78 Å². The highest BCUT2D eigenvalue weighted by atomic mass is 79.9. The molecular weight excluding hydrogens is 310 g/mol. The second kappa shape index (κ2) is 4.62. The summed E-state index contributed by atoms with van der Waals surface area (Å²) in [5, 5.41) is 0. The molecule has 0 aliphatic heterocycles. The van der Waals surface area contributed by atoms with Crippen LogP contribution in [0.15, 0.2) is 22.7 Å². The smallest absolute Gasteiger partial charge is 0.144 e. The van der Waals surface area contributed by atoms with Gasteiger partial charge in [-0.05, 0) is 35.0 Å². The summed E-state index contributed by atoms with van der Waals surface area (Å²) in [6, 6.07) is 3.21. The molecule has 0 unspecified atom stereocenters. The topological polar surface area (TPSA) is 28.7 Å². The maximum atomic E-state index is 13.1. The Balaban J connectivity index is 2.65. The molecule has 1 heterocycles. The van der Waals surface area contributed by atoms with Gasteiger partial charge in [0.15, 0.2) is 0 Å². The SMILES string of the molecule is Cc1[nH]c(-c2cc(F)cc(F)c2)nc(=S)c1Br. The lowest BCUT2D eigenvalue weighted by molar-refractivity contribution is 0.584. The first-order valence-corrected chi connectivity index (χ1v) is 5.90. The van der Waals surface area contributed by atoms with Crippen LogP contribution < -0.4 is 0 Å². The molecule has 2 aromatic rings. The maximum absolute atomic E-state index is 13.1. The van der Waals surface area contributed by atoms with E-state index in [1.54, 1.807) is 6.92 Å². The van der Waals surface area contributed by atoms with Crippen molar-refractivity contribution in [2.75, 3.05) is 0 Å². The number of H-pyrrole nitrogens is 1. The molecule has 0 radical (unpaired) electrons. The van der Waals surface area contributed by atoms with Gasteiger partial charge < -0.3 is 4.98 Å². The van der Waals surface area contributed by atoms with Gasteiger partial charge in [-0.2, -0.15) is 0 Å². The summed E-state index contributed by atoms with van der Waals surface area (Å²) in [5.74, 6) is -0.961. The number of hydrogen-bond donors (Lipinski definition) is 1. The third-order valence-electron chi connectivity index (χ3n) is 2.17. The van der Waals surface area contributed by atoms with Crippen molar-refractivity contribution in [2.45, 2.75) is 6.92 Å². The van der Waals surface area contributed by atoms with E-state index in [1.807, 2.05) is 0 Å². The number of aryl methyl sites for hydroxylation is 1. The summed E-state index contributed by atoms with van der Waals surface area (Å²) >= 11 is 8.30. The van der Waals surface area contributed by atoms with Crippen LogP contribution in [0.5, 0.6) is 0 Å². The van der Waals surface area contributed by atoms with E-state index in [9.17, 15) is 8.78 Å². The van der Waals surface area contributed by atoms with Crippen LogP contribution >= 0.6 is 28.1 Å². The lowest BCUT2D eigenvalue weighted by Crippen LogP contribution is -1.95. The molecule has 17 heavy (non-hydrogen) atoms. The number of benzene rings is 1. The molecular formula is C11H7BrF2N2S. The van der Waals surface area contributed by atoms with Crippen molar-refractivity contribution in [3.05, 3.63) is 44.6 Å². The molecule has 2 rings (SSSR count). The first-order chi connectivity index (χ1) is 7.97. The maximum Gasteiger partial charge on any atom is 0.144 e. The highest BCUT2D eigenvalue weighted by Crippen LogP contribution is 2.22. The predicted octanol–water partition coefficient (Wildman–Crippen LogP) is 4.16. The average molecular weight is 317 g/mol. The van der Waals surface area contributed by atoms with Crippen molar-refractivity contribution in [1.29, 1.82) is 0 Å². The summed E-state index contributed by atoms with van der Waals surface area (Å²) in [7, 11) is 0. The highest BCUT2D eigenvalue weighted by molar-refractivity contribution is 9.10. The lowest BCUT2D eigenvalue weighted by atomic mass is 10.2. The quantitative estimate of drug-likeness (QED) is 0.800. The molecule has 1 aromatic heterocycles. The largest absolute Gasteiger partial charge is 0.342 e. The Hall–Kier alpha value is -1.14. The number of aromatic amines is 1. The number of aromatic nitrogens is 2. The summed E-state index contributed by atoms with van der Waals surface area (Å²) in [6.45, 7) is 1.79. The first-order valence-electron chi connectivity index (χ1n) is 4.70. The van der Waals surface area contributed by atoms with E-state index in [2.05, 4.69) is 25.9 Å². The van der Waals surface area contributed by atoms with Crippen molar-refractivity contribution >= 4 is 28.1 Å². The van der Waals surface area contributed by atoms with Crippen LogP contribution in [0, 0.1) is 23.2 Å². The summed E-state index contributed by atoms with van der Waals surface area (Å²) in [4.78, 5) is 6.99. The van der Waals surface area contributed by atoms with E-state index in [0.29, 0.717) is 20.5 Å². The fraction of sp³-hybridized carbons (Fsp3) is 0.0909. The van der Waals surface area contributed by atoms with E-state index in [-0.39, 0.29) is 0 Å². The Morgan fingerprint density at radius 2 is 1.82 bits per heavy atom. The van der Waals surface area contributed by atoms with Crippen molar-refractivity contribution in [2.24, 2.45) is 0 Å². The molecule has 6 heteroatoms. The fourth-order valence-electron chi connectivity index (χ4n) is 1.40. The third-order valence-corrected chi connectivity index (χ3v) is 3.70. The minimum Gasteiger partial charge on any atom is -0.342 e. The van der Waals surface area contributed by atoms with Crippen LogP contribution in [0.3, 0.4) is 0 Å². The van der Waals surface area contributed by atoms with Crippen molar-refractivity contribution < 1.29 is 8.78 Å². The average Bonchev–Trinajstić information content (AvgIpc) is 2.23. The Bertz CT molecular complexity index is 620. The molecule has 0 amide bonds. The van der Waals surface area contributed by atoms with Gasteiger partial charge in [0, 0.05) is 17.3 Å². The Morgan fingerprint density at radius 3 is 2.35 bits per heavy atom. The molecule has 88 valence electrons. The summed E-state index contributed by atoms with van der Waals surface area (Å²) in [6.07, 6.45) is 0. The van der Waals surface area contributed by atoms with Crippen LogP contribution in [-0.2, 0) is 0 Å². The molecule has 0 bridgehead atoms. The summed E-state index contributed by atoms with van der Waals surface area (Å²) < 4.78 is 27.2. The number of nitrogens with one attached hydrogen (secondary N) is 1. The normalized spacial score (nSPS) is 10.6. The van der Waals surface area contributed by atoms with Crippen molar-refractivity contribution in [1.82, 2.24) is 9.97 Å². The molecule has 1 N–H and O–H groups in total. The number of rotatable bonds is 1. The van der Waals surface area contributed by atoms with Gasteiger partial charge >= 0.3 is 0 Å². The molecule has 0 fully saturated rings. The zero-order valence-corrected chi connectivity index (χ0v) is 11.1. The van der Waals surface area contributed by atoms with E-state index in [0.717, 1.165) is 11.8 Å². The third kappa shape index (κ3) is 2.58. The van der Waals surface area contributed by atoms with E-state index >= 15 is 0 Å². The van der Waals surface area contributed by atoms with Crippen LogP contribution in [-0.4, -0.2) is 9.97 Å². The van der Waals surface area contributed by atoms with Gasteiger partial charge in [-0.15, -0.1) is 0 Å². The van der Waals surface area contributed by atoms with Crippen LogP contribution in [0.1, 0.15) is 5.69 Å². The zero-order chi connectivity index (χ0) is 12.6. The lowest BCUT2D eigenvalue weighted by Gasteiger charge is -2.05. The molecule has 2 nitrogen and oxygen atoms in total. The van der Waals surface area contributed by atoms with Crippen LogP contribution in [0.25, 0.3) is 11.4 Å². The number of nitrogens with zero attached hydrogens (tertiary/aromatic N) is 1. The van der Waals surface area contributed by atoms with Crippen molar-refractivity contribution in [3.8, 4) is 11.4 Å². The van der Waals surface area contributed by atoms with Gasteiger partial charge in [0.05, 0.1) is 4.47 Å². The Morgan fingerprint density at radius 1 is 1.24 bits per heavy atom. The van der Waals surface area contributed by atoms with Crippen molar-refractivity contribution in [3.63, 3.8) is 0 Å². The predicted molar refractivity (Wildman–Crippen MR) is 67.2 cm³/mol. The van der Waals surface area contributed by atoms with Gasteiger partial charge in [-0.25, -0.2) is 13.8 Å². The van der Waals surface area contributed by atoms with E-state index in [4.69, 9.17) is 12.2 Å². The van der Waals surface area contributed by atoms with Crippen LogP contribution in [0.2, 0.25) is 0 Å². The van der Waals surface area contributed by atoms with Gasteiger partial charge in [0.1, 0.15) is 22.1 Å². The van der Waals surface area contributed by atoms with E-state index < -0.39 is 11.6 Å². The zero-order valence-electron chi connectivity index (χ0n) is 8.72. The van der Waals surface area contributed by atoms with Gasteiger partial charge in [0.2, 0.25) is 0 Å². The molecule has 0 saturated carbocycles. The van der Waals surface area contributed by atoms with Gasteiger partial charge in [-0.1, -0.05) is 12.2 Å². The molecule has 0 spiro atoms. The minimum atomic E-state index is -0.651. The summed E-state index contributed by atoms with van der Waals surface area (Å²) in [5.41, 5.74) is 1.08. The fourth-order valence-corrected chi connectivity index (χ4v) is 1.83. The molecule has 0 aliphatic carbocycles. The second-order valence-corrected chi connectivity index (χ2v) is 4.67. The molecule has 1 aromatic carbocycles. The second-order valence-electron chi connectivity index (χ2n) is 3.49. The monoisotopic (exact) mass is 316 g/mol. The standard InChI is InChI=1S/C11H7BrF2N2S/c1-5-9(12)11(17)16-10(15-5)6-2-7(13)4-8(14)3-6/h2-4H,1H3,(H,15,16,17). The molecule has 0 saturated heterocycles. The van der Waals surface area contributed by atoms with Gasteiger partial charge in [-0.3, -0.25) is 0 Å². The molecule has 0 aliphatic rings. The Kier molecular flexibility index (Phi) is 3.35.